The van der Waals surface area contributed by atoms with Gasteiger partial charge in [0.1, 0.15) is 6.61 Å². The van der Waals surface area contributed by atoms with Gasteiger partial charge in [-0.15, -0.1) is 0 Å². The van der Waals surface area contributed by atoms with Crippen LogP contribution >= 0.6 is 0 Å². The van der Waals surface area contributed by atoms with E-state index >= 15 is 0 Å². The predicted octanol–water partition coefficient (Wildman–Crippen LogP) is 1.40. The molecule has 3 aliphatic heterocycles. The summed E-state index contributed by atoms with van der Waals surface area (Å²) in [6.07, 6.45) is 0.0761. The molecule has 1 aromatic carbocycles. The van der Waals surface area contributed by atoms with Crippen molar-refractivity contribution in [1.82, 2.24) is 10.2 Å². The average Bonchev–Trinajstić information content (AvgIpc) is 2.89. The van der Waals surface area contributed by atoms with E-state index in [0.29, 0.717) is 12.2 Å². The molecule has 0 saturated carbocycles. The van der Waals surface area contributed by atoms with Gasteiger partial charge in [0, 0.05) is 31.7 Å². The minimum atomic E-state index is -0.205. The lowest BCUT2D eigenvalue weighted by molar-refractivity contribution is -0.115. The number of esters is 1. The maximum Gasteiger partial charge on any atom is 0.338 e. The van der Waals surface area contributed by atoms with Crippen LogP contribution in [0, 0.1) is 6.92 Å². The normalized spacial score (nSPS) is 31.5. The Hall–Kier alpha value is -1.43. The number of benzene rings is 1. The second-order valence-electron chi connectivity index (χ2n) is 6.80. The molecular formula is C17H22N2O3. The Kier molecular flexibility index (Phi) is 3.25. The van der Waals surface area contributed by atoms with Gasteiger partial charge in [-0.2, -0.15) is 0 Å². The molecule has 2 saturated heterocycles. The summed E-state index contributed by atoms with van der Waals surface area (Å²) in [6.45, 7) is 9.44. The molecule has 2 atom stereocenters. The summed E-state index contributed by atoms with van der Waals surface area (Å²) in [5, 5.41) is 3.45. The highest BCUT2D eigenvalue weighted by Crippen LogP contribution is 2.35. The molecule has 0 bridgehead atoms. The Labute approximate surface area is 130 Å². The third kappa shape index (κ3) is 2.07. The van der Waals surface area contributed by atoms with E-state index in [-0.39, 0.29) is 17.6 Å². The van der Waals surface area contributed by atoms with Crippen molar-refractivity contribution in [3.8, 4) is 0 Å². The summed E-state index contributed by atoms with van der Waals surface area (Å²) in [5.74, 6) is -0.205. The zero-order chi connectivity index (χ0) is 15.3. The fourth-order valence-electron chi connectivity index (χ4n) is 3.84. The van der Waals surface area contributed by atoms with Crippen molar-refractivity contribution in [2.24, 2.45) is 0 Å². The highest BCUT2D eigenvalue weighted by molar-refractivity contribution is 5.93. The van der Waals surface area contributed by atoms with Gasteiger partial charge < -0.3 is 14.8 Å². The Morgan fingerprint density at radius 2 is 2.27 bits per heavy atom. The molecule has 1 aromatic rings. The summed E-state index contributed by atoms with van der Waals surface area (Å²) in [7, 11) is 0. The van der Waals surface area contributed by atoms with Gasteiger partial charge in [-0.25, -0.2) is 4.79 Å². The van der Waals surface area contributed by atoms with E-state index in [0.717, 1.165) is 43.9 Å². The number of hydrogen-bond donors (Lipinski definition) is 1. The van der Waals surface area contributed by atoms with Gasteiger partial charge in [0.25, 0.3) is 0 Å². The number of fused-ring (bicyclic) bond motifs is 2. The second-order valence-corrected chi connectivity index (χ2v) is 6.80. The monoisotopic (exact) mass is 302 g/mol. The number of morpholine rings is 1. The molecule has 22 heavy (non-hydrogen) atoms. The van der Waals surface area contributed by atoms with E-state index in [1.165, 1.54) is 5.56 Å². The first kappa shape index (κ1) is 14.2. The molecule has 5 heteroatoms. The van der Waals surface area contributed by atoms with E-state index < -0.39 is 0 Å². The third-order valence-corrected chi connectivity index (χ3v) is 5.36. The van der Waals surface area contributed by atoms with E-state index in [2.05, 4.69) is 24.1 Å². The quantitative estimate of drug-likeness (QED) is 0.795. The molecule has 5 nitrogen and oxygen atoms in total. The molecule has 2 unspecified atom stereocenters. The summed E-state index contributed by atoms with van der Waals surface area (Å²) in [4.78, 5) is 14.2. The van der Waals surface area contributed by atoms with E-state index in [1.54, 1.807) is 0 Å². The van der Waals surface area contributed by atoms with Crippen LogP contribution in [0.3, 0.4) is 0 Å². The number of nitrogens with one attached hydrogen (secondary N) is 1. The summed E-state index contributed by atoms with van der Waals surface area (Å²) in [6, 6.07) is 3.93. The van der Waals surface area contributed by atoms with Crippen molar-refractivity contribution in [2.45, 2.75) is 32.1 Å². The van der Waals surface area contributed by atoms with Crippen LogP contribution in [0.25, 0.3) is 0 Å². The number of cyclic esters (lactones) is 1. The number of carbonyl (C=O) groups excluding carboxylic acids is 1. The van der Waals surface area contributed by atoms with Crippen LogP contribution in [-0.4, -0.2) is 49.2 Å². The van der Waals surface area contributed by atoms with Crippen molar-refractivity contribution in [3.05, 3.63) is 34.4 Å². The standard InChI is InChI=1S/C17H22N2O3/c1-11-12(3-4-13-14(11)8-21-16(13)20)15-7-19-6-5-18-9-17(19,2)10-22-15/h3-4,15,18H,5-10H2,1-2H3. The highest BCUT2D eigenvalue weighted by Gasteiger charge is 2.41. The van der Waals surface area contributed by atoms with Crippen molar-refractivity contribution in [1.29, 1.82) is 0 Å². The smallest absolute Gasteiger partial charge is 0.338 e. The number of ether oxygens (including phenoxy) is 2. The molecule has 0 radical (unpaired) electrons. The van der Waals surface area contributed by atoms with Gasteiger partial charge in [0.05, 0.1) is 23.8 Å². The van der Waals surface area contributed by atoms with Gasteiger partial charge >= 0.3 is 5.97 Å². The largest absolute Gasteiger partial charge is 0.457 e. The zero-order valence-corrected chi connectivity index (χ0v) is 13.1. The number of piperazine rings is 1. The zero-order valence-electron chi connectivity index (χ0n) is 13.1. The van der Waals surface area contributed by atoms with Gasteiger partial charge in [-0.05, 0) is 31.0 Å². The molecule has 118 valence electrons. The minimum Gasteiger partial charge on any atom is -0.457 e. The van der Waals surface area contributed by atoms with Gasteiger partial charge in [0.2, 0.25) is 0 Å². The van der Waals surface area contributed by atoms with Crippen molar-refractivity contribution in [2.75, 3.05) is 32.8 Å². The van der Waals surface area contributed by atoms with Crippen LogP contribution in [0.2, 0.25) is 0 Å². The Morgan fingerprint density at radius 1 is 1.41 bits per heavy atom. The number of carbonyl (C=O) groups is 1. The first-order chi connectivity index (χ1) is 10.6. The number of rotatable bonds is 1. The maximum absolute atomic E-state index is 11.7. The van der Waals surface area contributed by atoms with Crippen molar-refractivity contribution in [3.63, 3.8) is 0 Å². The maximum atomic E-state index is 11.7. The highest BCUT2D eigenvalue weighted by atomic mass is 16.5. The molecule has 2 fully saturated rings. The lowest BCUT2D eigenvalue weighted by Crippen LogP contribution is -2.65. The van der Waals surface area contributed by atoms with Crippen molar-refractivity contribution >= 4 is 5.97 Å². The van der Waals surface area contributed by atoms with Crippen LogP contribution < -0.4 is 5.32 Å². The SMILES string of the molecule is Cc1c(C2CN3CCNCC3(C)CO2)ccc2c1COC2=O. The van der Waals surface area contributed by atoms with Crippen LogP contribution in [-0.2, 0) is 16.1 Å². The second kappa shape index (κ2) is 5.05. The first-order valence-corrected chi connectivity index (χ1v) is 7.95. The lowest BCUT2D eigenvalue weighted by atomic mass is 9.91. The summed E-state index contributed by atoms with van der Waals surface area (Å²) < 4.78 is 11.3. The molecule has 1 N–H and O–H groups in total. The van der Waals surface area contributed by atoms with Crippen LogP contribution in [0.1, 0.15) is 40.1 Å². The van der Waals surface area contributed by atoms with Crippen LogP contribution in [0.15, 0.2) is 12.1 Å². The fraction of sp³-hybridized carbons (Fsp3) is 0.588. The topological polar surface area (TPSA) is 50.8 Å². The lowest BCUT2D eigenvalue weighted by Gasteiger charge is -2.50. The molecule has 0 spiro atoms. The summed E-state index contributed by atoms with van der Waals surface area (Å²) >= 11 is 0. The molecule has 4 rings (SSSR count). The molecule has 3 aliphatic rings. The fourth-order valence-corrected chi connectivity index (χ4v) is 3.84. The molecule has 0 aromatic heterocycles. The summed E-state index contributed by atoms with van der Waals surface area (Å²) in [5.41, 5.74) is 4.17. The molecule has 0 amide bonds. The van der Waals surface area contributed by atoms with E-state index in [1.807, 2.05) is 12.1 Å². The van der Waals surface area contributed by atoms with E-state index in [4.69, 9.17) is 9.47 Å². The number of nitrogens with zero attached hydrogens (tertiary/aromatic N) is 1. The van der Waals surface area contributed by atoms with Crippen molar-refractivity contribution < 1.29 is 14.3 Å². The first-order valence-electron chi connectivity index (χ1n) is 7.95. The van der Waals surface area contributed by atoms with E-state index in [9.17, 15) is 4.79 Å². The van der Waals surface area contributed by atoms with Crippen LogP contribution in [0.4, 0.5) is 0 Å². The average molecular weight is 302 g/mol. The Morgan fingerprint density at radius 3 is 3.14 bits per heavy atom. The molecule has 0 aliphatic carbocycles. The predicted molar refractivity (Wildman–Crippen MR) is 81.8 cm³/mol. The van der Waals surface area contributed by atoms with Gasteiger partial charge in [-0.1, -0.05) is 6.07 Å². The third-order valence-electron chi connectivity index (χ3n) is 5.36. The van der Waals surface area contributed by atoms with Gasteiger partial charge in [0.15, 0.2) is 0 Å². The molecular weight excluding hydrogens is 280 g/mol. The Bertz CT molecular complexity index is 631. The van der Waals surface area contributed by atoms with Gasteiger partial charge in [-0.3, -0.25) is 4.90 Å². The number of hydrogen-bond acceptors (Lipinski definition) is 5. The minimum absolute atomic E-state index is 0.0761. The van der Waals surface area contributed by atoms with Crippen LogP contribution in [0.5, 0.6) is 0 Å². The molecule has 3 heterocycles. The Balaban J connectivity index is 1.62.